The third kappa shape index (κ3) is 24.9. The van der Waals surface area contributed by atoms with Gasteiger partial charge in [-0.1, -0.05) is 137 Å². The Morgan fingerprint density at radius 1 is 0.564 bits per heavy atom. The molecule has 7 unspecified atom stereocenters. The molecule has 0 aromatic carbocycles. The molecule has 0 bridgehead atoms. The Labute approximate surface area is 379 Å². The average Bonchev–Trinajstić information content (AvgIpc) is 3.13. The Kier molecular flexibility index (Phi) is 30.9. The van der Waals surface area contributed by atoms with E-state index in [4.69, 9.17) is 0 Å². The normalized spacial score (nSPS) is 24.9. The maximum atomic E-state index is 13.3. The largest absolute Gasteiger partial charge is 1.00 e. The topological polar surface area (TPSA) is 148 Å². The van der Waals surface area contributed by atoms with E-state index in [1.54, 1.807) is 0 Å². The number of amides is 3. The molecule has 0 aromatic heterocycles. The fraction of sp³-hybridized carbons (Fsp3) is 0.911. The maximum Gasteiger partial charge on any atom is 1.00 e. The number of nitrogens with one attached hydrogen (secondary N) is 3. The standard InChI is InChI=1S/C27H47N3O3.C18H36O3.K/c1-18-10-4-7-13-22(18)28-25(31)16-21(27(33)30-24-15-9-6-12-20(24)3)17-26(32)29-23-14-8-5-11-19(23)2;1-2-3-4-11-14-17(19)15-12-9-7-5-6-8-10-13-16-18(20)21;/h18-24H,4-17H2,1-3H3,(H,28,31)(H,29,32)(H,30,33);17,19H,2-16H2,1H3,(H,20,21);/q;;+1/p-1. The molecule has 0 spiro atoms. The van der Waals surface area contributed by atoms with E-state index in [-0.39, 0.29) is 113 Å². The first-order valence-corrected chi connectivity index (χ1v) is 22.8. The zero-order valence-corrected chi connectivity index (χ0v) is 39.2. The molecule has 4 N–H and O–H groups in total. The number of aliphatic hydroxyl groups is 1. The number of carboxylic acids is 1. The van der Waals surface area contributed by atoms with Crippen molar-refractivity contribution in [2.75, 3.05) is 0 Å². The van der Waals surface area contributed by atoms with Gasteiger partial charge in [0.25, 0.3) is 0 Å². The predicted octanol–water partition coefficient (Wildman–Crippen LogP) is 5.44. The Bertz CT molecular complexity index is 1010. The van der Waals surface area contributed by atoms with Gasteiger partial charge in [0.2, 0.25) is 17.7 Å². The zero-order chi connectivity index (χ0) is 39.6. The van der Waals surface area contributed by atoms with E-state index in [1.165, 1.54) is 70.6 Å². The zero-order valence-electron chi connectivity index (χ0n) is 36.1. The Balaban J connectivity index is 0.000000599. The summed E-state index contributed by atoms with van der Waals surface area (Å²) in [6, 6.07) is 0.520. The number of hydrogen-bond acceptors (Lipinski definition) is 6. The van der Waals surface area contributed by atoms with Gasteiger partial charge in [-0.05, 0) is 82.0 Å². The summed E-state index contributed by atoms with van der Waals surface area (Å²) in [5, 5.41) is 29.6. The van der Waals surface area contributed by atoms with Crippen LogP contribution in [0.2, 0.25) is 0 Å². The van der Waals surface area contributed by atoms with Crippen molar-refractivity contribution in [2.24, 2.45) is 23.7 Å². The molecule has 3 saturated carbocycles. The van der Waals surface area contributed by atoms with Crippen LogP contribution in [0.4, 0.5) is 0 Å². The van der Waals surface area contributed by atoms with Crippen molar-refractivity contribution in [3.05, 3.63) is 0 Å². The van der Waals surface area contributed by atoms with Crippen LogP contribution in [-0.2, 0) is 19.2 Å². The minimum Gasteiger partial charge on any atom is -0.550 e. The predicted molar refractivity (Wildman–Crippen MR) is 217 cm³/mol. The van der Waals surface area contributed by atoms with Crippen LogP contribution in [-0.4, -0.2) is 53.0 Å². The number of rotatable bonds is 24. The second-order valence-electron chi connectivity index (χ2n) is 17.6. The molecule has 10 heteroatoms. The van der Waals surface area contributed by atoms with Crippen LogP contribution >= 0.6 is 0 Å². The summed E-state index contributed by atoms with van der Waals surface area (Å²) < 4.78 is 0. The third-order valence-electron chi connectivity index (χ3n) is 12.6. The van der Waals surface area contributed by atoms with E-state index in [9.17, 15) is 29.4 Å². The van der Waals surface area contributed by atoms with E-state index >= 15 is 0 Å². The molecule has 0 radical (unpaired) electrons. The Hall–Kier alpha value is -0.524. The molecule has 55 heavy (non-hydrogen) atoms. The first-order valence-electron chi connectivity index (χ1n) is 22.8. The van der Waals surface area contributed by atoms with Crippen LogP contribution in [0, 0.1) is 23.7 Å². The van der Waals surface area contributed by atoms with Crippen molar-refractivity contribution < 1.29 is 80.8 Å². The second-order valence-corrected chi connectivity index (χ2v) is 17.6. The fourth-order valence-electron chi connectivity index (χ4n) is 8.79. The smallest absolute Gasteiger partial charge is 0.550 e. The molecule has 0 aliphatic heterocycles. The fourth-order valence-corrected chi connectivity index (χ4v) is 8.79. The molecule has 3 fully saturated rings. The van der Waals surface area contributed by atoms with E-state index < -0.39 is 11.9 Å². The summed E-state index contributed by atoms with van der Waals surface area (Å²) in [6.45, 7) is 8.78. The molecule has 3 rings (SSSR count). The van der Waals surface area contributed by atoms with Gasteiger partial charge in [-0.15, -0.1) is 0 Å². The van der Waals surface area contributed by atoms with Gasteiger partial charge in [0, 0.05) is 36.9 Å². The quantitative estimate of drug-likeness (QED) is 0.0756. The number of carbonyl (C=O) groups is 4. The van der Waals surface area contributed by atoms with Crippen LogP contribution in [0.3, 0.4) is 0 Å². The molecule has 3 aliphatic carbocycles. The number of aliphatic hydroxyl groups excluding tert-OH is 1. The summed E-state index contributed by atoms with van der Waals surface area (Å²) in [4.78, 5) is 49.4. The van der Waals surface area contributed by atoms with Crippen molar-refractivity contribution in [3.63, 3.8) is 0 Å². The van der Waals surface area contributed by atoms with Crippen molar-refractivity contribution in [3.8, 4) is 0 Å². The van der Waals surface area contributed by atoms with E-state index in [2.05, 4.69) is 43.6 Å². The van der Waals surface area contributed by atoms with E-state index in [1.807, 2.05) is 0 Å². The Morgan fingerprint density at radius 3 is 1.33 bits per heavy atom. The number of carbonyl (C=O) groups excluding carboxylic acids is 4. The summed E-state index contributed by atoms with van der Waals surface area (Å²) in [5.74, 6) is -0.484. The maximum absolute atomic E-state index is 13.3. The average molecular weight is 800 g/mol. The van der Waals surface area contributed by atoms with Gasteiger partial charge in [-0.2, -0.15) is 0 Å². The van der Waals surface area contributed by atoms with Crippen LogP contribution in [0.15, 0.2) is 0 Å². The van der Waals surface area contributed by atoms with Gasteiger partial charge in [-0.3, -0.25) is 14.4 Å². The Morgan fingerprint density at radius 2 is 0.927 bits per heavy atom. The van der Waals surface area contributed by atoms with Crippen molar-refractivity contribution in [2.45, 2.75) is 238 Å². The number of carboxylic acid groups (broad SMARTS) is 1. The summed E-state index contributed by atoms with van der Waals surface area (Å²) in [7, 11) is 0. The van der Waals surface area contributed by atoms with Crippen LogP contribution in [0.5, 0.6) is 0 Å². The van der Waals surface area contributed by atoms with Crippen molar-refractivity contribution in [1.82, 2.24) is 16.0 Å². The van der Waals surface area contributed by atoms with Gasteiger partial charge in [0.1, 0.15) is 0 Å². The molecular formula is C45H82KN3O6. The van der Waals surface area contributed by atoms with Gasteiger partial charge >= 0.3 is 51.4 Å². The molecule has 0 saturated heterocycles. The van der Waals surface area contributed by atoms with Gasteiger partial charge < -0.3 is 31.0 Å². The minimum absolute atomic E-state index is 0. The number of unbranched alkanes of at least 4 members (excludes halogenated alkanes) is 10. The first kappa shape index (κ1) is 52.5. The van der Waals surface area contributed by atoms with Crippen LogP contribution < -0.4 is 72.4 Å². The molecule has 314 valence electrons. The van der Waals surface area contributed by atoms with E-state index in [0.717, 1.165) is 96.3 Å². The molecule has 3 aliphatic rings. The molecule has 7 atom stereocenters. The van der Waals surface area contributed by atoms with Gasteiger partial charge in [0.15, 0.2) is 0 Å². The summed E-state index contributed by atoms with van der Waals surface area (Å²) >= 11 is 0. The monoisotopic (exact) mass is 800 g/mol. The first-order chi connectivity index (χ1) is 26.0. The molecular weight excluding hydrogens is 718 g/mol. The number of aliphatic carboxylic acids is 1. The molecule has 3 amide bonds. The van der Waals surface area contributed by atoms with Crippen LogP contribution in [0.1, 0.15) is 214 Å². The van der Waals surface area contributed by atoms with Gasteiger partial charge in [-0.25, -0.2) is 0 Å². The number of hydrogen-bond donors (Lipinski definition) is 4. The SMILES string of the molecule is CC1CCCCC1NC(=O)CC(CC(=O)NC1CCCCC1C)C(=O)NC1CCCCC1C.CCCCCCC(O)CCCCCCCCCCC(=O)[O-].[K+]. The van der Waals surface area contributed by atoms with Crippen molar-refractivity contribution in [1.29, 1.82) is 0 Å². The minimum atomic E-state index is -0.928. The van der Waals surface area contributed by atoms with Crippen LogP contribution in [0.25, 0.3) is 0 Å². The third-order valence-corrected chi connectivity index (χ3v) is 12.6. The summed E-state index contributed by atoms with van der Waals surface area (Å²) in [6.07, 6.45) is 29.5. The van der Waals surface area contributed by atoms with E-state index in [0.29, 0.717) is 17.8 Å². The van der Waals surface area contributed by atoms with Gasteiger partial charge in [0.05, 0.1) is 12.0 Å². The van der Waals surface area contributed by atoms with Crippen molar-refractivity contribution >= 4 is 23.7 Å². The molecule has 9 nitrogen and oxygen atoms in total. The summed E-state index contributed by atoms with van der Waals surface area (Å²) in [5.41, 5.74) is 0. The molecule has 0 aromatic rings. The molecule has 0 heterocycles. The second kappa shape index (κ2) is 32.3.